The summed E-state index contributed by atoms with van der Waals surface area (Å²) in [6.45, 7) is 7.10. The Bertz CT molecular complexity index is 449. The van der Waals surface area contributed by atoms with E-state index in [0.29, 0.717) is 5.69 Å². The van der Waals surface area contributed by atoms with Crippen LogP contribution in [0.5, 0.6) is 0 Å². The first-order chi connectivity index (χ1) is 10.2. The third-order valence-electron chi connectivity index (χ3n) is 4.16. The predicted octanol–water partition coefficient (Wildman–Crippen LogP) is 0.690. The van der Waals surface area contributed by atoms with Crippen molar-refractivity contribution in [3.05, 3.63) is 23.5 Å². The molecule has 2 N–H and O–H groups in total. The van der Waals surface area contributed by atoms with Crippen molar-refractivity contribution in [3.8, 4) is 0 Å². The van der Waals surface area contributed by atoms with Gasteiger partial charge in [-0.1, -0.05) is 6.92 Å². The van der Waals surface area contributed by atoms with Gasteiger partial charge in [-0.3, -0.25) is 9.80 Å². The molecule has 0 saturated carbocycles. The molecule has 0 amide bonds. The third-order valence-corrected chi connectivity index (χ3v) is 4.16. The zero-order valence-electron chi connectivity index (χ0n) is 12.8. The Morgan fingerprint density at radius 3 is 2.71 bits per heavy atom. The van der Waals surface area contributed by atoms with Crippen LogP contribution in [0, 0.1) is 0 Å². The summed E-state index contributed by atoms with van der Waals surface area (Å²) in [5.41, 5.74) is 1.59. The molecule has 0 bridgehead atoms. The average molecular weight is 295 g/mol. The molecule has 6 nitrogen and oxygen atoms in total. The zero-order valence-corrected chi connectivity index (χ0v) is 12.8. The first-order valence-corrected chi connectivity index (χ1v) is 7.50. The van der Waals surface area contributed by atoms with Crippen molar-refractivity contribution in [1.82, 2.24) is 14.8 Å². The van der Waals surface area contributed by atoms with Crippen LogP contribution in [0.4, 0.5) is 0 Å². The van der Waals surface area contributed by atoms with E-state index in [1.165, 1.54) is 7.11 Å². The molecule has 6 heteroatoms. The molecule has 2 heterocycles. The summed E-state index contributed by atoms with van der Waals surface area (Å²) < 4.78 is 4.69. The normalized spacial score (nSPS) is 18.6. The van der Waals surface area contributed by atoms with Gasteiger partial charge in [0.1, 0.15) is 5.69 Å². The monoisotopic (exact) mass is 295 g/mol. The lowest BCUT2D eigenvalue weighted by Crippen LogP contribution is -2.50. The van der Waals surface area contributed by atoms with E-state index >= 15 is 0 Å². The first-order valence-electron chi connectivity index (χ1n) is 7.50. The molecular formula is C15H25N3O3. The van der Waals surface area contributed by atoms with Crippen LogP contribution >= 0.6 is 0 Å². The van der Waals surface area contributed by atoms with E-state index in [1.807, 2.05) is 12.3 Å². The number of ether oxygens (including phenoxy) is 1. The minimum atomic E-state index is -0.334. The number of aromatic nitrogens is 1. The lowest BCUT2D eigenvalue weighted by atomic mass is 10.1. The summed E-state index contributed by atoms with van der Waals surface area (Å²) in [6, 6.07) is 2.13. The maximum Gasteiger partial charge on any atom is 0.354 e. The summed E-state index contributed by atoms with van der Waals surface area (Å²) in [4.78, 5) is 19.1. The number of piperazine rings is 1. The molecule has 1 saturated heterocycles. The molecule has 1 atom stereocenters. The zero-order chi connectivity index (χ0) is 15.2. The molecule has 2 rings (SSSR count). The Morgan fingerprint density at radius 1 is 1.43 bits per heavy atom. The highest BCUT2D eigenvalue weighted by Crippen LogP contribution is 2.13. The van der Waals surface area contributed by atoms with Crippen LogP contribution in [-0.2, 0) is 11.3 Å². The van der Waals surface area contributed by atoms with E-state index in [1.54, 1.807) is 0 Å². The second kappa shape index (κ2) is 7.59. The number of hydrogen-bond donors (Lipinski definition) is 2. The van der Waals surface area contributed by atoms with Crippen LogP contribution in [0.15, 0.2) is 12.3 Å². The van der Waals surface area contributed by atoms with E-state index in [9.17, 15) is 9.90 Å². The number of carbonyl (C=O) groups excluding carboxylic acids is 1. The minimum absolute atomic E-state index is 0.233. The van der Waals surface area contributed by atoms with E-state index in [4.69, 9.17) is 4.74 Å². The number of aliphatic hydroxyl groups is 1. The summed E-state index contributed by atoms with van der Waals surface area (Å²) in [5, 5.41) is 9.35. The number of carbonyl (C=O) groups is 1. The smallest absolute Gasteiger partial charge is 0.354 e. The first kappa shape index (κ1) is 16.0. The van der Waals surface area contributed by atoms with Gasteiger partial charge in [-0.15, -0.1) is 0 Å². The molecular weight excluding hydrogens is 270 g/mol. The summed E-state index contributed by atoms with van der Waals surface area (Å²) in [7, 11) is 1.38. The Kier molecular flexibility index (Phi) is 5.78. The van der Waals surface area contributed by atoms with Crippen LogP contribution in [0.2, 0.25) is 0 Å². The number of nitrogens with one attached hydrogen (secondary N) is 1. The highest BCUT2D eigenvalue weighted by molar-refractivity contribution is 5.87. The number of nitrogens with zero attached hydrogens (tertiary/aromatic N) is 2. The quantitative estimate of drug-likeness (QED) is 0.756. The number of esters is 1. The molecule has 0 spiro atoms. The summed E-state index contributed by atoms with van der Waals surface area (Å²) >= 11 is 0. The van der Waals surface area contributed by atoms with Crippen molar-refractivity contribution >= 4 is 5.97 Å². The maximum atomic E-state index is 11.4. The maximum absolute atomic E-state index is 11.4. The Labute approximate surface area is 125 Å². The Hall–Kier alpha value is -1.37. The largest absolute Gasteiger partial charge is 0.464 e. The fourth-order valence-electron chi connectivity index (χ4n) is 2.81. The second-order valence-corrected chi connectivity index (χ2v) is 5.47. The van der Waals surface area contributed by atoms with E-state index in [2.05, 4.69) is 21.7 Å². The molecule has 0 radical (unpaired) electrons. The molecule has 1 aliphatic rings. The van der Waals surface area contributed by atoms with Gasteiger partial charge in [-0.05, 0) is 18.1 Å². The van der Waals surface area contributed by atoms with Gasteiger partial charge in [0.25, 0.3) is 0 Å². The third kappa shape index (κ3) is 4.06. The van der Waals surface area contributed by atoms with E-state index < -0.39 is 0 Å². The average Bonchev–Trinajstić information content (AvgIpc) is 2.98. The molecule has 0 aromatic carbocycles. The van der Waals surface area contributed by atoms with Gasteiger partial charge in [0.05, 0.1) is 13.7 Å². The standard InChI is InChI=1S/C15H25N3O3/c1-3-13(11-19)18-6-4-17(5-7-18)10-12-8-14(16-9-12)15(20)21-2/h8-9,13,16,19H,3-7,10-11H2,1-2H3. The Balaban J connectivity index is 1.83. The van der Waals surface area contributed by atoms with E-state index in [-0.39, 0.29) is 18.6 Å². The van der Waals surface area contributed by atoms with Gasteiger partial charge < -0.3 is 14.8 Å². The molecule has 0 aliphatic carbocycles. The lowest BCUT2D eigenvalue weighted by Gasteiger charge is -2.38. The van der Waals surface area contributed by atoms with Gasteiger partial charge in [0.15, 0.2) is 0 Å². The van der Waals surface area contributed by atoms with Crippen LogP contribution < -0.4 is 0 Å². The Morgan fingerprint density at radius 2 is 2.14 bits per heavy atom. The number of H-pyrrole nitrogens is 1. The summed E-state index contributed by atoms with van der Waals surface area (Å²) in [6.07, 6.45) is 2.85. The predicted molar refractivity (Wildman–Crippen MR) is 80.1 cm³/mol. The molecule has 1 aliphatic heterocycles. The van der Waals surface area contributed by atoms with Crippen molar-refractivity contribution in [2.45, 2.75) is 25.9 Å². The number of rotatable bonds is 6. The number of methoxy groups -OCH3 is 1. The van der Waals surface area contributed by atoms with Crippen molar-refractivity contribution in [3.63, 3.8) is 0 Å². The molecule has 118 valence electrons. The lowest BCUT2D eigenvalue weighted by molar-refractivity contribution is 0.0594. The van der Waals surface area contributed by atoms with Crippen LogP contribution in [0.1, 0.15) is 29.4 Å². The van der Waals surface area contributed by atoms with Crippen molar-refractivity contribution < 1.29 is 14.6 Å². The number of hydrogen-bond acceptors (Lipinski definition) is 5. The van der Waals surface area contributed by atoms with Gasteiger partial charge in [-0.25, -0.2) is 4.79 Å². The molecule has 1 aromatic heterocycles. The fourth-order valence-corrected chi connectivity index (χ4v) is 2.81. The van der Waals surface area contributed by atoms with Gasteiger partial charge in [-0.2, -0.15) is 0 Å². The van der Waals surface area contributed by atoms with Crippen molar-refractivity contribution in [2.75, 3.05) is 39.9 Å². The number of aliphatic hydroxyl groups excluding tert-OH is 1. The van der Waals surface area contributed by atoms with E-state index in [0.717, 1.165) is 44.7 Å². The summed E-state index contributed by atoms with van der Waals surface area (Å²) in [5.74, 6) is -0.334. The molecule has 1 fully saturated rings. The molecule has 1 unspecified atom stereocenters. The van der Waals surface area contributed by atoms with Gasteiger partial charge in [0.2, 0.25) is 0 Å². The van der Waals surface area contributed by atoms with Crippen LogP contribution in [-0.4, -0.2) is 71.8 Å². The number of aromatic amines is 1. The second-order valence-electron chi connectivity index (χ2n) is 5.47. The topological polar surface area (TPSA) is 68.8 Å². The van der Waals surface area contributed by atoms with Crippen LogP contribution in [0.25, 0.3) is 0 Å². The van der Waals surface area contributed by atoms with Gasteiger partial charge >= 0.3 is 5.97 Å². The van der Waals surface area contributed by atoms with Crippen molar-refractivity contribution in [2.24, 2.45) is 0 Å². The van der Waals surface area contributed by atoms with Gasteiger partial charge in [0, 0.05) is 45.0 Å². The highest BCUT2D eigenvalue weighted by Gasteiger charge is 2.22. The fraction of sp³-hybridized carbons (Fsp3) is 0.667. The molecule has 1 aromatic rings. The molecule has 21 heavy (non-hydrogen) atoms. The minimum Gasteiger partial charge on any atom is -0.464 e. The van der Waals surface area contributed by atoms with Crippen LogP contribution in [0.3, 0.4) is 0 Å². The SMILES string of the molecule is CCC(CO)N1CCN(Cc2c[nH]c(C(=O)OC)c2)CC1. The van der Waals surface area contributed by atoms with Crippen molar-refractivity contribution in [1.29, 1.82) is 0 Å². The highest BCUT2D eigenvalue weighted by atomic mass is 16.5.